The summed E-state index contributed by atoms with van der Waals surface area (Å²) in [4.78, 5) is 28.0. The predicted molar refractivity (Wildman–Crippen MR) is 158 cm³/mol. The van der Waals surface area contributed by atoms with Crippen molar-refractivity contribution in [2.75, 3.05) is 23.7 Å². The van der Waals surface area contributed by atoms with Crippen molar-refractivity contribution in [1.82, 2.24) is 10.2 Å². The number of nitrogens with one attached hydrogen (secondary N) is 1. The first-order valence-electron chi connectivity index (χ1n) is 14.7. The first kappa shape index (κ1) is 28.7. The summed E-state index contributed by atoms with van der Waals surface area (Å²) >= 11 is 0. The fraction of sp³-hybridized carbons (Fsp3) is 0.562. The van der Waals surface area contributed by atoms with Crippen molar-refractivity contribution in [3.05, 3.63) is 65.2 Å². The monoisotopic (exact) mass is 565 g/mol. The maximum atomic E-state index is 13.7. The molecule has 1 N–H and O–H groups in total. The van der Waals surface area contributed by atoms with Crippen LogP contribution in [0.15, 0.2) is 48.5 Å². The Kier molecular flexibility index (Phi) is 8.01. The molecule has 0 aromatic heterocycles. The van der Waals surface area contributed by atoms with Gasteiger partial charge in [-0.1, -0.05) is 42.0 Å². The standard InChI is InChI=1S/C32H43N3O4S/c1-5-33-31(37)23(3)34(20-24-8-6-7-22(2)13-24)30(36)21-35(40(4,38)39)29-11-9-28(10-12-29)32-17-25-14-26(18-32)16-27(15-25)19-32/h6-13,23,25-27H,5,14-21H2,1-4H3,(H,33,37)/t23-,25?,26?,27?,32?/m0/s1. The molecule has 4 saturated carbocycles. The normalized spacial score (nSPS) is 25.9. The van der Waals surface area contributed by atoms with Gasteiger partial charge in [0.05, 0.1) is 11.9 Å². The van der Waals surface area contributed by atoms with Gasteiger partial charge in [-0.05, 0) is 106 Å². The summed E-state index contributed by atoms with van der Waals surface area (Å²) in [5.41, 5.74) is 3.93. The molecule has 7 nitrogen and oxygen atoms in total. The Labute approximate surface area is 239 Å². The Morgan fingerprint density at radius 2 is 1.60 bits per heavy atom. The number of carbonyl (C=O) groups excluding carboxylic acids is 2. The third-order valence-electron chi connectivity index (χ3n) is 9.44. The molecule has 0 aliphatic heterocycles. The molecule has 0 radical (unpaired) electrons. The highest BCUT2D eigenvalue weighted by Crippen LogP contribution is 2.60. The third-order valence-corrected chi connectivity index (χ3v) is 10.6. The summed E-state index contributed by atoms with van der Waals surface area (Å²) in [7, 11) is -3.75. The molecule has 6 rings (SSSR count). The second-order valence-electron chi connectivity index (χ2n) is 12.6. The number of amides is 2. The zero-order chi connectivity index (χ0) is 28.7. The van der Waals surface area contributed by atoms with Crippen LogP contribution in [0.3, 0.4) is 0 Å². The smallest absolute Gasteiger partial charge is 0.244 e. The van der Waals surface area contributed by atoms with Gasteiger partial charge in [0.2, 0.25) is 21.8 Å². The number of rotatable bonds is 10. The van der Waals surface area contributed by atoms with Crippen LogP contribution in [0.1, 0.15) is 69.1 Å². The van der Waals surface area contributed by atoms with Crippen LogP contribution in [0.4, 0.5) is 5.69 Å². The fourth-order valence-corrected chi connectivity index (χ4v) is 8.82. The average Bonchev–Trinajstić information content (AvgIpc) is 2.89. The Bertz CT molecular complexity index is 1320. The molecule has 4 fully saturated rings. The van der Waals surface area contributed by atoms with Crippen molar-refractivity contribution in [3.8, 4) is 0 Å². The van der Waals surface area contributed by atoms with E-state index in [1.807, 2.05) is 50.2 Å². The van der Waals surface area contributed by atoms with Crippen molar-refractivity contribution >= 4 is 27.5 Å². The summed E-state index contributed by atoms with van der Waals surface area (Å²) in [5, 5.41) is 2.79. The molecule has 8 heteroatoms. The SMILES string of the molecule is CCNC(=O)[C@H](C)N(Cc1cccc(C)c1)C(=O)CN(c1ccc(C23CC4CC(CC(C4)C2)C3)cc1)S(C)(=O)=O. The molecule has 0 heterocycles. The highest BCUT2D eigenvalue weighted by Gasteiger charge is 2.51. The molecule has 4 aliphatic rings. The van der Waals surface area contributed by atoms with Gasteiger partial charge < -0.3 is 10.2 Å². The lowest BCUT2D eigenvalue weighted by Gasteiger charge is -2.57. The molecule has 4 bridgehead atoms. The number of likely N-dealkylation sites (N-methyl/N-ethyl adjacent to an activating group) is 1. The Morgan fingerprint density at radius 1 is 1.00 bits per heavy atom. The summed E-state index contributed by atoms with van der Waals surface area (Å²) in [6.07, 6.45) is 8.94. The Morgan fingerprint density at radius 3 is 2.12 bits per heavy atom. The van der Waals surface area contributed by atoms with E-state index in [1.54, 1.807) is 6.92 Å². The Hall–Kier alpha value is -2.87. The van der Waals surface area contributed by atoms with Crippen molar-refractivity contribution in [3.63, 3.8) is 0 Å². The molecular formula is C32H43N3O4S. The number of carbonyl (C=O) groups is 2. The summed E-state index contributed by atoms with van der Waals surface area (Å²) in [6, 6.07) is 14.9. The molecule has 2 amide bonds. The van der Waals surface area contributed by atoms with Crippen molar-refractivity contribution in [2.45, 2.75) is 77.3 Å². The van der Waals surface area contributed by atoms with Crippen LogP contribution in [-0.2, 0) is 31.6 Å². The van der Waals surface area contributed by atoms with Crippen molar-refractivity contribution in [1.29, 1.82) is 0 Å². The van der Waals surface area contributed by atoms with Crippen LogP contribution in [0, 0.1) is 24.7 Å². The second kappa shape index (κ2) is 11.2. The predicted octanol–water partition coefficient (Wildman–Crippen LogP) is 4.78. The van der Waals surface area contributed by atoms with E-state index in [4.69, 9.17) is 0 Å². The van der Waals surface area contributed by atoms with Crippen molar-refractivity contribution < 1.29 is 18.0 Å². The third kappa shape index (κ3) is 5.92. The molecule has 40 heavy (non-hydrogen) atoms. The zero-order valence-corrected chi connectivity index (χ0v) is 25.0. The van der Waals surface area contributed by atoms with Crippen LogP contribution >= 0.6 is 0 Å². The lowest BCUT2D eigenvalue weighted by Crippen LogP contribution is -2.51. The average molecular weight is 566 g/mol. The van der Waals surface area contributed by atoms with Gasteiger partial charge in [-0.2, -0.15) is 0 Å². The van der Waals surface area contributed by atoms with Gasteiger partial charge in [0.25, 0.3) is 0 Å². The molecular weight excluding hydrogens is 522 g/mol. The van der Waals surface area contributed by atoms with Gasteiger partial charge >= 0.3 is 0 Å². The first-order valence-corrected chi connectivity index (χ1v) is 16.5. The maximum absolute atomic E-state index is 13.7. The minimum Gasteiger partial charge on any atom is -0.355 e. The number of nitrogens with zero attached hydrogens (tertiary/aromatic N) is 2. The number of anilines is 1. The molecule has 1 atom stereocenters. The second-order valence-corrected chi connectivity index (χ2v) is 14.5. The van der Waals surface area contributed by atoms with Crippen LogP contribution in [-0.4, -0.2) is 50.5 Å². The number of hydrogen-bond acceptors (Lipinski definition) is 4. The zero-order valence-electron chi connectivity index (χ0n) is 24.2. The number of sulfonamides is 1. The summed E-state index contributed by atoms with van der Waals surface area (Å²) in [5.74, 6) is 1.78. The Balaban J connectivity index is 1.39. The number of aryl methyl sites for hydroxylation is 1. The van der Waals surface area contributed by atoms with Crippen LogP contribution in [0.25, 0.3) is 0 Å². The molecule has 2 aromatic carbocycles. The van der Waals surface area contributed by atoms with Gasteiger partial charge in [0.15, 0.2) is 0 Å². The molecule has 2 aromatic rings. The van der Waals surface area contributed by atoms with Gasteiger partial charge in [0, 0.05) is 13.1 Å². The van der Waals surface area contributed by atoms with Gasteiger partial charge in [0.1, 0.15) is 12.6 Å². The summed E-state index contributed by atoms with van der Waals surface area (Å²) < 4.78 is 27.1. The molecule has 0 saturated heterocycles. The van der Waals surface area contributed by atoms with Crippen LogP contribution < -0.4 is 9.62 Å². The van der Waals surface area contributed by atoms with Crippen molar-refractivity contribution in [2.24, 2.45) is 17.8 Å². The minimum absolute atomic E-state index is 0.210. The van der Waals surface area contributed by atoms with Gasteiger partial charge in [-0.25, -0.2) is 8.42 Å². The molecule has 216 valence electrons. The molecule has 0 unspecified atom stereocenters. The van der Waals surface area contributed by atoms with E-state index < -0.39 is 22.0 Å². The van der Waals surface area contributed by atoms with E-state index in [2.05, 4.69) is 17.4 Å². The largest absolute Gasteiger partial charge is 0.355 e. The van der Waals surface area contributed by atoms with E-state index in [-0.39, 0.29) is 24.4 Å². The quantitative estimate of drug-likeness (QED) is 0.449. The molecule has 4 aliphatic carbocycles. The highest BCUT2D eigenvalue weighted by molar-refractivity contribution is 7.92. The molecule has 0 spiro atoms. The fourth-order valence-electron chi connectivity index (χ4n) is 7.97. The highest BCUT2D eigenvalue weighted by atomic mass is 32.2. The lowest BCUT2D eigenvalue weighted by atomic mass is 9.48. The number of benzene rings is 2. The summed E-state index contributed by atoms with van der Waals surface area (Å²) in [6.45, 7) is 5.77. The van der Waals surface area contributed by atoms with E-state index in [0.717, 1.165) is 35.1 Å². The van der Waals surface area contributed by atoms with Gasteiger partial charge in [-0.15, -0.1) is 0 Å². The number of hydrogen-bond donors (Lipinski definition) is 1. The topological polar surface area (TPSA) is 86.8 Å². The van der Waals surface area contributed by atoms with Crippen LogP contribution in [0.2, 0.25) is 0 Å². The van der Waals surface area contributed by atoms with Crippen LogP contribution in [0.5, 0.6) is 0 Å². The van der Waals surface area contributed by atoms with E-state index in [1.165, 1.54) is 53.3 Å². The lowest BCUT2D eigenvalue weighted by molar-refractivity contribution is -0.139. The van der Waals surface area contributed by atoms with E-state index >= 15 is 0 Å². The maximum Gasteiger partial charge on any atom is 0.244 e. The van der Waals surface area contributed by atoms with E-state index in [0.29, 0.717) is 12.2 Å². The minimum atomic E-state index is -3.75. The van der Waals surface area contributed by atoms with Gasteiger partial charge in [-0.3, -0.25) is 13.9 Å². The first-order chi connectivity index (χ1) is 19.0. The van der Waals surface area contributed by atoms with E-state index in [9.17, 15) is 18.0 Å².